The first kappa shape index (κ1) is 17.0. The highest BCUT2D eigenvalue weighted by molar-refractivity contribution is 6.31. The van der Waals surface area contributed by atoms with E-state index >= 15 is 0 Å². The van der Waals surface area contributed by atoms with Crippen LogP contribution in [0.15, 0.2) is 23.0 Å². The standard InChI is InChI=1S/C20H24ClN5O/c1-19(2)8-13-9-20(3,10-19)11-25(13)18-23-22-17-24(4)16(27)14-7-12(21)5-6-15(14)26(17)18/h5-7,13H,8-11H2,1-4H3. The molecule has 2 fully saturated rings. The lowest BCUT2D eigenvalue weighted by atomic mass is 9.65. The molecule has 27 heavy (non-hydrogen) atoms. The Balaban J connectivity index is 1.76. The number of hydrogen-bond acceptors (Lipinski definition) is 4. The molecule has 2 aromatic heterocycles. The highest BCUT2D eigenvalue weighted by atomic mass is 35.5. The van der Waals surface area contributed by atoms with Crippen LogP contribution in [0.1, 0.15) is 40.0 Å². The van der Waals surface area contributed by atoms with Crippen LogP contribution in [0.2, 0.25) is 5.02 Å². The minimum absolute atomic E-state index is 0.104. The Morgan fingerprint density at radius 2 is 1.96 bits per heavy atom. The van der Waals surface area contributed by atoms with Gasteiger partial charge >= 0.3 is 0 Å². The molecule has 1 saturated heterocycles. The summed E-state index contributed by atoms with van der Waals surface area (Å²) >= 11 is 6.16. The zero-order valence-electron chi connectivity index (χ0n) is 16.2. The van der Waals surface area contributed by atoms with Crippen molar-refractivity contribution in [3.8, 4) is 0 Å². The van der Waals surface area contributed by atoms with E-state index < -0.39 is 0 Å². The van der Waals surface area contributed by atoms with Crippen molar-refractivity contribution >= 4 is 34.2 Å². The number of hydrogen-bond donors (Lipinski definition) is 0. The van der Waals surface area contributed by atoms with E-state index in [2.05, 4.69) is 35.9 Å². The first-order valence-electron chi connectivity index (χ1n) is 9.48. The third-order valence-electron chi connectivity index (χ3n) is 6.34. The topological polar surface area (TPSA) is 55.4 Å². The van der Waals surface area contributed by atoms with Gasteiger partial charge in [-0.15, -0.1) is 10.2 Å². The first-order chi connectivity index (χ1) is 12.7. The molecule has 0 spiro atoms. The molecule has 0 amide bonds. The molecule has 0 N–H and O–H groups in total. The molecular weight excluding hydrogens is 362 g/mol. The molecule has 2 bridgehead atoms. The van der Waals surface area contributed by atoms with Gasteiger partial charge in [0.2, 0.25) is 11.7 Å². The van der Waals surface area contributed by atoms with Crippen LogP contribution in [-0.2, 0) is 7.05 Å². The molecule has 2 aliphatic rings. The smallest absolute Gasteiger partial charge is 0.262 e. The zero-order chi connectivity index (χ0) is 19.1. The van der Waals surface area contributed by atoms with E-state index in [-0.39, 0.29) is 11.0 Å². The SMILES string of the molecule is Cn1c(=O)c2cc(Cl)ccc2n2c(N3CC4(C)CC3CC(C)(C)C4)nnc12. The molecule has 1 aromatic carbocycles. The summed E-state index contributed by atoms with van der Waals surface area (Å²) in [6.45, 7) is 8.09. The second kappa shape index (κ2) is 5.25. The summed E-state index contributed by atoms with van der Waals surface area (Å²) in [7, 11) is 1.74. The van der Waals surface area contributed by atoms with Crippen molar-refractivity contribution in [2.45, 2.75) is 46.1 Å². The van der Waals surface area contributed by atoms with Crippen LogP contribution in [0.5, 0.6) is 0 Å². The van der Waals surface area contributed by atoms with Crippen LogP contribution in [0.3, 0.4) is 0 Å². The Bertz CT molecular complexity index is 1150. The van der Waals surface area contributed by atoms with Gasteiger partial charge in [-0.1, -0.05) is 32.4 Å². The number of aromatic nitrogens is 4. The van der Waals surface area contributed by atoms with Crippen molar-refractivity contribution in [1.29, 1.82) is 0 Å². The van der Waals surface area contributed by atoms with Crippen molar-refractivity contribution in [2.75, 3.05) is 11.4 Å². The molecule has 2 atom stereocenters. The van der Waals surface area contributed by atoms with Crippen molar-refractivity contribution < 1.29 is 0 Å². The van der Waals surface area contributed by atoms with Gasteiger partial charge in [0.15, 0.2) is 0 Å². The molecule has 5 rings (SSSR count). The Kier molecular flexibility index (Phi) is 3.32. The number of nitrogens with zero attached hydrogens (tertiary/aromatic N) is 5. The Hall–Kier alpha value is -2.08. The zero-order valence-corrected chi connectivity index (χ0v) is 16.9. The molecule has 2 unspecified atom stereocenters. The van der Waals surface area contributed by atoms with Gasteiger partial charge in [-0.3, -0.25) is 9.36 Å². The van der Waals surface area contributed by atoms with Crippen LogP contribution in [0, 0.1) is 10.8 Å². The fourth-order valence-electron chi connectivity index (χ4n) is 5.73. The third kappa shape index (κ3) is 2.42. The lowest BCUT2D eigenvalue weighted by Gasteiger charge is -2.39. The van der Waals surface area contributed by atoms with Gasteiger partial charge in [0.1, 0.15) is 0 Å². The molecule has 0 radical (unpaired) electrons. The molecule has 1 saturated carbocycles. The van der Waals surface area contributed by atoms with Crippen LogP contribution >= 0.6 is 11.6 Å². The summed E-state index contributed by atoms with van der Waals surface area (Å²) in [6, 6.07) is 5.90. The predicted molar refractivity (Wildman–Crippen MR) is 108 cm³/mol. The predicted octanol–water partition coefficient (Wildman–Crippen LogP) is 3.64. The molecule has 1 aliphatic heterocycles. The Morgan fingerprint density at radius 3 is 2.74 bits per heavy atom. The average Bonchev–Trinajstić information content (AvgIpc) is 3.10. The number of rotatable bonds is 1. The summed E-state index contributed by atoms with van der Waals surface area (Å²) in [5.74, 6) is 1.40. The highest BCUT2D eigenvalue weighted by Crippen LogP contribution is 2.53. The summed E-state index contributed by atoms with van der Waals surface area (Å²) in [6.07, 6.45) is 3.55. The van der Waals surface area contributed by atoms with E-state index in [0.29, 0.717) is 27.6 Å². The third-order valence-corrected chi connectivity index (χ3v) is 6.57. The number of aryl methyl sites for hydroxylation is 1. The van der Waals surface area contributed by atoms with Crippen LogP contribution in [0.25, 0.3) is 16.7 Å². The van der Waals surface area contributed by atoms with Crippen molar-refractivity contribution in [2.24, 2.45) is 17.9 Å². The lowest BCUT2D eigenvalue weighted by Crippen LogP contribution is -2.35. The number of benzene rings is 1. The number of anilines is 1. The van der Waals surface area contributed by atoms with Gasteiger partial charge in [-0.05, 0) is 48.3 Å². The van der Waals surface area contributed by atoms with E-state index in [4.69, 9.17) is 11.6 Å². The molecule has 7 heteroatoms. The molecule has 3 heterocycles. The van der Waals surface area contributed by atoms with E-state index in [1.54, 1.807) is 17.7 Å². The maximum absolute atomic E-state index is 12.8. The van der Waals surface area contributed by atoms with Crippen molar-refractivity contribution in [3.63, 3.8) is 0 Å². The quantitative estimate of drug-likeness (QED) is 0.641. The van der Waals surface area contributed by atoms with Gasteiger partial charge in [-0.25, -0.2) is 4.40 Å². The number of halogens is 1. The maximum atomic E-state index is 12.8. The van der Waals surface area contributed by atoms with E-state index in [1.165, 1.54) is 12.8 Å². The monoisotopic (exact) mass is 385 g/mol. The fourth-order valence-corrected chi connectivity index (χ4v) is 5.90. The second-order valence-corrected chi connectivity index (χ2v) is 9.94. The normalized spacial score (nSPS) is 27.0. The lowest BCUT2D eigenvalue weighted by molar-refractivity contribution is 0.136. The average molecular weight is 386 g/mol. The van der Waals surface area contributed by atoms with Crippen LogP contribution in [-0.4, -0.2) is 31.8 Å². The van der Waals surface area contributed by atoms with Gasteiger partial charge < -0.3 is 4.90 Å². The molecule has 3 aromatic rings. The highest BCUT2D eigenvalue weighted by Gasteiger charge is 2.50. The van der Waals surface area contributed by atoms with E-state index in [0.717, 1.165) is 24.4 Å². The van der Waals surface area contributed by atoms with Crippen LogP contribution < -0.4 is 10.5 Å². The van der Waals surface area contributed by atoms with Gasteiger partial charge in [-0.2, -0.15) is 0 Å². The molecular formula is C20H24ClN5O. The fraction of sp³-hybridized carbons (Fsp3) is 0.550. The first-order valence-corrected chi connectivity index (χ1v) is 9.85. The summed E-state index contributed by atoms with van der Waals surface area (Å²) in [5.41, 5.74) is 1.32. The second-order valence-electron chi connectivity index (χ2n) is 9.50. The molecule has 1 aliphatic carbocycles. The van der Waals surface area contributed by atoms with E-state index in [9.17, 15) is 4.79 Å². The minimum atomic E-state index is -0.104. The van der Waals surface area contributed by atoms with Gasteiger partial charge in [0, 0.05) is 24.7 Å². The maximum Gasteiger partial charge on any atom is 0.262 e. The molecule has 142 valence electrons. The summed E-state index contributed by atoms with van der Waals surface area (Å²) < 4.78 is 3.58. The summed E-state index contributed by atoms with van der Waals surface area (Å²) in [5, 5.41) is 10.1. The van der Waals surface area contributed by atoms with Gasteiger partial charge in [0.25, 0.3) is 5.56 Å². The van der Waals surface area contributed by atoms with Crippen LogP contribution in [0.4, 0.5) is 5.95 Å². The largest absolute Gasteiger partial charge is 0.337 e. The Morgan fingerprint density at radius 1 is 1.19 bits per heavy atom. The summed E-state index contributed by atoms with van der Waals surface area (Å²) in [4.78, 5) is 15.2. The number of fused-ring (bicyclic) bond motifs is 5. The van der Waals surface area contributed by atoms with Crippen molar-refractivity contribution in [1.82, 2.24) is 19.2 Å². The van der Waals surface area contributed by atoms with Crippen molar-refractivity contribution in [3.05, 3.63) is 33.6 Å². The molecule has 6 nitrogen and oxygen atoms in total. The van der Waals surface area contributed by atoms with E-state index in [1.807, 2.05) is 16.5 Å². The van der Waals surface area contributed by atoms with Gasteiger partial charge in [0.05, 0.1) is 10.9 Å². The minimum Gasteiger partial charge on any atom is -0.337 e. The Labute approximate surface area is 162 Å².